The molecule has 26 heavy (non-hydrogen) atoms. The van der Waals surface area contributed by atoms with Crippen LogP contribution in [0.1, 0.15) is 0 Å². The number of carbonyl (C=O) groups is 2. The van der Waals surface area contributed by atoms with Gasteiger partial charge < -0.3 is 19.5 Å². The van der Waals surface area contributed by atoms with Crippen molar-refractivity contribution < 1.29 is 32.6 Å². The van der Waals surface area contributed by atoms with Crippen molar-refractivity contribution in [2.75, 3.05) is 18.5 Å². The highest BCUT2D eigenvalue weighted by atomic mass is 79.9. The first-order valence-corrected chi connectivity index (χ1v) is 8.10. The van der Waals surface area contributed by atoms with E-state index in [0.29, 0.717) is 11.4 Å². The Kier molecular flexibility index (Phi) is 7.34. The molecule has 0 heterocycles. The number of ether oxygens (including phenoxy) is 3. The van der Waals surface area contributed by atoms with Crippen LogP contribution >= 0.6 is 15.9 Å². The third kappa shape index (κ3) is 7.06. The van der Waals surface area contributed by atoms with Crippen LogP contribution in [0, 0.1) is 0 Å². The number of hydrogen-bond acceptors (Lipinski definition) is 5. The maximum Gasteiger partial charge on any atom is 0.387 e. The van der Waals surface area contributed by atoms with Gasteiger partial charge in [0.15, 0.2) is 13.2 Å². The molecule has 2 aromatic rings. The number of alkyl halides is 2. The summed E-state index contributed by atoms with van der Waals surface area (Å²) in [4.78, 5) is 23.3. The Morgan fingerprint density at radius 2 is 1.58 bits per heavy atom. The maximum atomic E-state index is 12.0. The molecule has 0 fully saturated rings. The average Bonchev–Trinajstić information content (AvgIpc) is 2.61. The summed E-state index contributed by atoms with van der Waals surface area (Å²) in [5.74, 6) is -0.830. The lowest BCUT2D eigenvalue weighted by Crippen LogP contribution is -2.23. The molecule has 0 aliphatic heterocycles. The molecule has 2 aromatic carbocycles. The van der Waals surface area contributed by atoms with Crippen molar-refractivity contribution in [2.45, 2.75) is 6.61 Å². The second kappa shape index (κ2) is 9.71. The Morgan fingerprint density at radius 1 is 0.962 bits per heavy atom. The molecule has 0 bridgehead atoms. The quantitative estimate of drug-likeness (QED) is 0.648. The molecular formula is C17H14BrF2NO5. The third-order valence-electron chi connectivity index (χ3n) is 2.90. The van der Waals surface area contributed by atoms with E-state index in [4.69, 9.17) is 9.47 Å². The first kappa shape index (κ1) is 19.6. The van der Waals surface area contributed by atoms with E-state index in [-0.39, 0.29) is 12.4 Å². The van der Waals surface area contributed by atoms with Gasteiger partial charge in [-0.1, -0.05) is 15.9 Å². The second-order valence-corrected chi connectivity index (χ2v) is 5.77. The number of nitrogens with one attached hydrogen (secondary N) is 1. The number of halogens is 3. The van der Waals surface area contributed by atoms with Gasteiger partial charge in [0.05, 0.1) is 0 Å². The molecule has 138 valence electrons. The smallest absolute Gasteiger partial charge is 0.387 e. The summed E-state index contributed by atoms with van der Waals surface area (Å²) in [6.45, 7) is -3.76. The highest BCUT2D eigenvalue weighted by molar-refractivity contribution is 9.10. The number of anilines is 1. The predicted molar refractivity (Wildman–Crippen MR) is 92.3 cm³/mol. The van der Waals surface area contributed by atoms with Crippen LogP contribution in [0.5, 0.6) is 11.5 Å². The number of rotatable bonds is 8. The van der Waals surface area contributed by atoms with Gasteiger partial charge in [0.25, 0.3) is 5.91 Å². The van der Waals surface area contributed by atoms with E-state index in [0.717, 1.165) is 4.47 Å². The third-order valence-corrected chi connectivity index (χ3v) is 3.43. The topological polar surface area (TPSA) is 73.9 Å². The number of hydrogen-bond donors (Lipinski definition) is 1. The first-order chi connectivity index (χ1) is 12.4. The summed E-state index contributed by atoms with van der Waals surface area (Å²) in [6, 6.07) is 12.2. The van der Waals surface area contributed by atoms with Gasteiger partial charge in [-0.2, -0.15) is 8.78 Å². The molecule has 1 N–H and O–H groups in total. The van der Waals surface area contributed by atoms with Gasteiger partial charge in [0.1, 0.15) is 11.5 Å². The second-order valence-electron chi connectivity index (χ2n) is 4.85. The fraction of sp³-hybridized carbons (Fsp3) is 0.176. The molecule has 9 heteroatoms. The van der Waals surface area contributed by atoms with E-state index < -0.39 is 25.1 Å². The molecule has 2 rings (SSSR count). The van der Waals surface area contributed by atoms with Crippen LogP contribution in [0.15, 0.2) is 53.0 Å². The Labute approximate surface area is 156 Å². The molecule has 0 spiro atoms. The highest BCUT2D eigenvalue weighted by Gasteiger charge is 2.10. The maximum absolute atomic E-state index is 12.0. The number of benzene rings is 2. The molecule has 0 unspecified atom stereocenters. The van der Waals surface area contributed by atoms with Crippen molar-refractivity contribution in [3.63, 3.8) is 0 Å². The van der Waals surface area contributed by atoms with Gasteiger partial charge in [0, 0.05) is 10.2 Å². The van der Waals surface area contributed by atoms with E-state index >= 15 is 0 Å². The number of carbonyl (C=O) groups excluding carboxylic acids is 2. The van der Waals surface area contributed by atoms with Crippen LogP contribution in [0.2, 0.25) is 0 Å². The molecule has 0 atom stereocenters. The van der Waals surface area contributed by atoms with Crippen LogP contribution in [0.25, 0.3) is 0 Å². The molecule has 0 aromatic heterocycles. The normalized spacial score (nSPS) is 10.3. The summed E-state index contributed by atoms with van der Waals surface area (Å²) in [5.41, 5.74) is 0.346. The van der Waals surface area contributed by atoms with Gasteiger partial charge >= 0.3 is 12.6 Å². The predicted octanol–water partition coefficient (Wildman–Crippen LogP) is 3.61. The Morgan fingerprint density at radius 3 is 2.19 bits per heavy atom. The molecule has 1 amide bonds. The summed E-state index contributed by atoms with van der Waals surface area (Å²) in [7, 11) is 0. The van der Waals surface area contributed by atoms with Crippen molar-refractivity contribution in [1.82, 2.24) is 0 Å². The van der Waals surface area contributed by atoms with Crippen LogP contribution in [-0.4, -0.2) is 31.7 Å². The number of amides is 1. The Bertz CT molecular complexity index is 738. The van der Waals surface area contributed by atoms with E-state index in [1.54, 1.807) is 24.3 Å². The standard InChI is InChI=1S/C17H14BrF2NO5/c18-11-1-5-13(6-2-11)24-10-16(23)25-9-15(22)21-12-3-7-14(8-4-12)26-17(19)20/h1-8,17H,9-10H2,(H,21,22). The Hall–Kier alpha value is -2.68. The minimum Gasteiger partial charge on any atom is -0.482 e. The Balaban J connectivity index is 1.70. The van der Waals surface area contributed by atoms with E-state index in [2.05, 4.69) is 26.0 Å². The summed E-state index contributed by atoms with van der Waals surface area (Å²) >= 11 is 3.28. The zero-order valence-corrected chi connectivity index (χ0v) is 14.9. The number of esters is 1. The van der Waals surface area contributed by atoms with Gasteiger partial charge in [-0.25, -0.2) is 4.79 Å². The van der Waals surface area contributed by atoms with Crippen molar-refractivity contribution in [3.05, 3.63) is 53.0 Å². The monoisotopic (exact) mass is 429 g/mol. The van der Waals surface area contributed by atoms with Crippen LogP contribution in [0.3, 0.4) is 0 Å². The fourth-order valence-electron chi connectivity index (χ4n) is 1.78. The van der Waals surface area contributed by atoms with Crippen molar-refractivity contribution in [2.24, 2.45) is 0 Å². The lowest BCUT2D eigenvalue weighted by atomic mass is 10.3. The zero-order chi connectivity index (χ0) is 18.9. The molecule has 6 nitrogen and oxygen atoms in total. The molecule has 0 aliphatic carbocycles. The van der Waals surface area contributed by atoms with Crippen molar-refractivity contribution in [3.8, 4) is 11.5 Å². The molecule has 0 saturated heterocycles. The van der Waals surface area contributed by atoms with Crippen LogP contribution < -0.4 is 14.8 Å². The van der Waals surface area contributed by atoms with Crippen LogP contribution in [0.4, 0.5) is 14.5 Å². The van der Waals surface area contributed by atoms with Gasteiger partial charge in [-0.05, 0) is 48.5 Å². The van der Waals surface area contributed by atoms with E-state index in [1.807, 2.05) is 0 Å². The largest absolute Gasteiger partial charge is 0.482 e. The lowest BCUT2D eigenvalue weighted by Gasteiger charge is -2.09. The van der Waals surface area contributed by atoms with Gasteiger partial charge in [-0.3, -0.25) is 4.79 Å². The van der Waals surface area contributed by atoms with Crippen LogP contribution in [-0.2, 0) is 14.3 Å². The first-order valence-electron chi connectivity index (χ1n) is 7.31. The zero-order valence-electron chi connectivity index (χ0n) is 13.3. The van der Waals surface area contributed by atoms with Crippen molar-refractivity contribution >= 4 is 33.5 Å². The SMILES string of the molecule is O=C(COC(=O)COc1ccc(Br)cc1)Nc1ccc(OC(F)F)cc1. The molecule has 0 aliphatic rings. The summed E-state index contributed by atoms with van der Waals surface area (Å²) in [5, 5.41) is 2.45. The van der Waals surface area contributed by atoms with E-state index in [1.165, 1.54) is 24.3 Å². The van der Waals surface area contributed by atoms with E-state index in [9.17, 15) is 18.4 Å². The van der Waals surface area contributed by atoms with Crippen molar-refractivity contribution in [1.29, 1.82) is 0 Å². The summed E-state index contributed by atoms with van der Waals surface area (Å²) in [6.07, 6.45) is 0. The van der Waals surface area contributed by atoms with Gasteiger partial charge in [0.2, 0.25) is 0 Å². The highest BCUT2D eigenvalue weighted by Crippen LogP contribution is 2.18. The molecular weight excluding hydrogens is 416 g/mol. The molecule has 0 radical (unpaired) electrons. The molecule has 0 saturated carbocycles. The summed E-state index contributed by atoms with van der Waals surface area (Å²) < 4.78 is 39.2. The van der Waals surface area contributed by atoms with Gasteiger partial charge in [-0.15, -0.1) is 0 Å². The fourth-order valence-corrected chi connectivity index (χ4v) is 2.04. The minimum absolute atomic E-state index is 0.0329. The average molecular weight is 430 g/mol. The minimum atomic E-state index is -2.92. The lowest BCUT2D eigenvalue weighted by molar-refractivity contribution is -0.149.